The molecule has 6 nitrogen and oxygen atoms in total. The molecule has 1 rings (SSSR count). The summed E-state index contributed by atoms with van der Waals surface area (Å²) in [5, 5.41) is 11.4. The molecule has 0 fully saturated rings. The Balaban J connectivity index is 2.99. The molecule has 0 aliphatic carbocycles. The molecule has 0 saturated carbocycles. The van der Waals surface area contributed by atoms with Crippen LogP contribution in [0.5, 0.6) is 0 Å². The first-order valence-corrected chi connectivity index (χ1v) is 5.67. The van der Waals surface area contributed by atoms with Crippen LogP contribution in [0.1, 0.15) is 27.2 Å². The van der Waals surface area contributed by atoms with Crippen molar-refractivity contribution in [3.8, 4) is 6.07 Å². The van der Waals surface area contributed by atoms with E-state index >= 15 is 0 Å². The van der Waals surface area contributed by atoms with Crippen LogP contribution in [-0.4, -0.2) is 24.2 Å². The Morgan fingerprint density at radius 3 is 2.89 bits per heavy atom. The van der Waals surface area contributed by atoms with Crippen LogP contribution < -0.4 is 5.32 Å². The summed E-state index contributed by atoms with van der Waals surface area (Å²) in [7, 11) is 0. The number of carbonyl (C=O) groups excluding carboxylic acids is 2. The SMILES string of the molecule is CCOC(=O)C1CC=C(C#N)OC1(C)NC(C)=O. The lowest BCUT2D eigenvalue weighted by molar-refractivity contribution is -0.164. The number of hydrogen-bond donors (Lipinski definition) is 1. The standard InChI is InChI=1S/C12H16N2O4/c1-4-17-11(16)10-6-5-9(7-13)18-12(10,3)14-8(2)15/h5,10H,4,6H2,1-3H3,(H,14,15). The van der Waals surface area contributed by atoms with E-state index in [1.807, 2.05) is 6.07 Å². The molecule has 1 N–H and O–H groups in total. The van der Waals surface area contributed by atoms with E-state index < -0.39 is 17.6 Å². The molecule has 0 spiro atoms. The van der Waals surface area contributed by atoms with E-state index in [0.717, 1.165) is 0 Å². The average Bonchev–Trinajstić information content (AvgIpc) is 2.27. The molecule has 18 heavy (non-hydrogen) atoms. The first-order valence-electron chi connectivity index (χ1n) is 5.67. The van der Waals surface area contributed by atoms with Gasteiger partial charge in [0.1, 0.15) is 12.0 Å². The van der Waals surface area contributed by atoms with E-state index in [2.05, 4.69) is 5.32 Å². The average molecular weight is 252 g/mol. The first-order chi connectivity index (χ1) is 8.42. The van der Waals surface area contributed by atoms with Gasteiger partial charge in [0.05, 0.1) is 6.61 Å². The summed E-state index contributed by atoms with van der Waals surface area (Å²) in [4.78, 5) is 23.0. The van der Waals surface area contributed by atoms with Crippen LogP contribution in [0.4, 0.5) is 0 Å². The van der Waals surface area contributed by atoms with Crippen molar-refractivity contribution < 1.29 is 19.1 Å². The summed E-state index contributed by atoms with van der Waals surface area (Å²) in [6.07, 6.45) is 1.81. The minimum Gasteiger partial charge on any atom is -0.466 e. The maximum atomic E-state index is 11.8. The van der Waals surface area contributed by atoms with Gasteiger partial charge in [-0.3, -0.25) is 9.59 Å². The number of nitrogens with zero attached hydrogens (tertiary/aromatic N) is 1. The largest absolute Gasteiger partial charge is 0.466 e. The van der Waals surface area contributed by atoms with Crippen molar-refractivity contribution in [1.29, 1.82) is 5.26 Å². The number of nitrogens with one attached hydrogen (secondary N) is 1. The molecule has 6 heteroatoms. The fourth-order valence-electron chi connectivity index (χ4n) is 1.89. The van der Waals surface area contributed by atoms with E-state index in [4.69, 9.17) is 14.7 Å². The van der Waals surface area contributed by atoms with Gasteiger partial charge in [0.25, 0.3) is 0 Å². The van der Waals surface area contributed by atoms with Gasteiger partial charge in [0.15, 0.2) is 11.5 Å². The van der Waals surface area contributed by atoms with Gasteiger partial charge in [-0.1, -0.05) is 0 Å². The van der Waals surface area contributed by atoms with E-state index in [9.17, 15) is 9.59 Å². The van der Waals surface area contributed by atoms with Gasteiger partial charge < -0.3 is 14.8 Å². The molecular weight excluding hydrogens is 236 g/mol. The Kier molecular flexibility index (Phi) is 4.32. The van der Waals surface area contributed by atoms with Crippen molar-refractivity contribution in [3.63, 3.8) is 0 Å². The normalized spacial score (nSPS) is 26.3. The van der Waals surface area contributed by atoms with Crippen LogP contribution in [0.3, 0.4) is 0 Å². The van der Waals surface area contributed by atoms with Gasteiger partial charge in [-0.05, 0) is 26.3 Å². The minimum atomic E-state index is -1.25. The van der Waals surface area contributed by atoms with Gasteiger partial charge in [0.2, 0.25) is 5.91 Å². The highest BCUT2D eigenvalue weighted by molar-refractivity contribution is 5.78. The Morgan fingerprint density at radius 2 is 2.39 bits per heavy atom. The fraction of sp³-hybridized carbons (Fsp3) is 0.583. The molecule has 0 saturated heterocycles. The second-order valence-corrected chi connectivity index (χ2v) is 4.11. The zero-order valence-corrected chi connectivity index (χ0v) is 10.6. The maximum absolute atomic E-state index is 11.8. The van der Waals surface area contributed by atoms with Crippen molar-refractivity contribution in [1.82, 2.24) is 5.32 Å². The molecule has 0 bridgehead atoms. The number of rotatable bonds is 3. The molecule has 98 valence electrons. The monoisotopic (exact) mass is 252 g/mol. The van der Waals surface area contributed by atoms with E-state index in [1.54, 1.807) is 13.8 Å². The number of amides is 1. The van der Waals surface area contributed by atoms with Crippen LogP contribution in [0.15, 0.2) is 11.8 Å². The molecule has 1 aliphatic heterocycles. The molecule has 1 aliphatic rings. The van der Waals surface area contributed by atoms with Gasteiger partial charge >= 0.3 is 5.97 Å². The second-order valence-electron chi connectivity index (χ2n) is 4.11. The molecule has 0 aromatic carbocycles. The van der Waals surface area contributed by atoms with Crippen molar-refractivity contribution in [2.75, 3.05) is 6.61 Å². The zero-order chi connectivity index (χ0) is 13.8. The highest BCUT2D eigenvalue weighted by Gasteiger charge is 2.45. The van der Waals surface area contributed by atoms with Crippen molar-refractivity contribution >= 4 is 11.9 Å². The summed E-state index contributed by atoms with van der Waals surface area (Å²) in [6, 6.07) is 1.86. The quantitative estimate of drug-likeness (QED) is 0.752. The zero-order valence-electron chi connectivity index (χ0n) is 10.6. The summed E-state index contributed by atoms with van der Waals surface area (Å²) >= 11 is 0. The molecule has 2 unspecified atom stereocenters. The van der Waals surface area contributed by atoms with Crippen LogP contribution in [0.25, 0.3) is 0 Å². The lowest BCUT2D eigenvalue weighted by Gasteiger charge is -2.38. The first kappa shape index (κ1) is 14.0. The number of hydrogen-bond acceptors (Lipinski definition) is 5. The van der Waals surface area contributed by atoms with E-state index in [1.165, 1.54) is 13.0 Å². The Bertz CT molecular complexity index is 424. The molecule has 0 aromatic rings. The van der Waals surface area contributed by atoms with Gasteiger partial charge in [-0.2, -0.15) is 5.26 Å². The highest BCUT2D eigenvalue weighted by Crippen LogP contribution is 2.31. The molecule has 0 radical (unpaired) electrons. The van der Waals surface area contributed by atoms with Crippen LogP contribution in [0, 0.1) is 17.2 Å². The lowest BCUT2D eigenvalue weighted by Crippen LogP contribution is -2.56. The van der Waals surface area contributed by atoms with Crippen molar-refractivity contribution in [3.05, 3.63) is 11.8 Å². The third-order valence-electron chi connectivity index (χ3n) is 2.63. The Labute approximate surface area is 106 Å². The van der Waals surface area contributed by atoms with Crippen molar-refractivity contribution in [2.45, 2.75) is 32.9 Å². The predicted molar refractivity (Wildman–Crippen MR) is 61.7 cm³/mol. The number of ether oxygens (including phenoxy) is 2. The smallest absolute Gasteiger partial charge is 0.315 e. The molecule has 1 heterocycles. The van der Waals surface area contributed by atoms with Gasteiger partial charge in [-0.25, -0.2) is 0 Å². The third-order valence-corrected chi connectivity index (χ3v) is 2.63. The van der Waals surface area contributed by atoms with Crippen LogP contribution in [-0.2, 0) is 19.1 Å². The lowest BCUT2D eigenvalue weighted by atomic mass is 9.90. The molecular formula is C12H16N2O4. The summed E-state index contributed by atoms with van der Waals surface area (Å²) in [5.74, 6) is -1.38. The molecule has 0 aromatic heterocycles. The maximum Gasteiger partial charge on any atom is 0.315 e. The molecule has 2 atom stereocenters. The van der Waals surface area contributed by atoms with Crippen LogP contribution in [0.2, 0.25) is 0 Å². The Morgan fingerprint density at radius 1 is 1.72 bits per heavy atom. The number of carbonyl (C=O) groups is 2. The number of esters is 1. The van der Waals surface area contributed by atoms with Crippen LogP contribution >= 0.6 is 0 Å². The number of nitriles is 1. The van der Waals surface area contributed by atoms with E-state index in [-0.39, 0.29) is 18.3 Å². The molecule has 1 amide bonds. The van der Waals surface area contributed by atoms with E-state index in [0.29, 0.717) is 6.42 Å². The third kappa shape index (κ3) is 3.00. The summed E-state index contributed by atoms with van der Waals surface area (Å²) in [5.41, 5.74) is -1.25. The van der Waals surface area contributed by atoms with Crippen molar-refractivity contribution in [2.24, 2.45) is 5.92 Å². The Hall–Kier alpha value is -2.03. The number of allylic oxidation sites excluding steroid dienone is 2. The van der Waals surface area contributed by atoms with Gasteiger partial charge in [0, 0.05) is 6.92 Å². The fourth-order valence-corrected chi connectivity index (χ4v) is 1.89. The highest BCUT2D eigenvalue weighted by atomic mass is 16.5. The summed E-state index contributed by atoms with van der Waals surface area (Å²) < 4.78 is 10.3. The van der Waals surface area contributed by atoms with Gasteiger partial charge in [-0.15, -0.1) is 0 Å². The minimum absolute atomic E-state index is 0.0896. The second kappa shape index (κ2) is 5.54. The summed E-state index contributed by atoms with van der Waals surface area (Å²) in [6.45, 7) is 4.83. The predicted octanol–water partition coefficient (Wildman–Crippen LogP) is 0.846. The topological polar surface area (TPSA) is 88.4 Å².